The Morgan fingerprint density at radius 1 is 0.893 bits per heavy atom. The van der Waals surface area contributed by atoms with E-state index in [1.54, 1.807) is 6.08 Å². The highest BCUT2D eigenvalue weighted by molar-refractivity contribution is 5.65. The molecular formula is C27H36O. The Balaban J connectivity index is 2.67. The quantitative estimate of drug-likeness (QED) is 0.239. The van der Waals surface area contributed by atoms with Crippen LogP contribution in [0.1, 0.15) is 62.2 Å². The molecule has 0 atom stereocenters. The van der Waals surface area contributed by atoms with Gasteiger partial charge in [0.25, 0.3) is 0 Å². The maximum absolute atomic E-state index is 10.6. The van der Waals surface area contributed by atoms with Crippen molar-refractivity contribution in [3.05, 3.63) is 94.7 Å². The number of hydrogen-bond donors (Lipinski definition) is 0. The van der Waals surface area contributed by atoms with Crippen molar-refractivity contribution in [3.63, 3.8) is 0 Å². The molecule has 0 bridgehead atoms. The van der Waals surface area contributed by atoms with Gasteiger partial charge in [-0.3, -0.25) is 4.79 Å². The maximum atomic E-state index is 10.6. The van der Waals surface area contributed by atoms with Crippen molar-refractivity contribution in [1.82, 2.24) is 0 Å². The van der Waals surface area contributed by atoms with Gasteiger partial charge in [-0.05, 0) is 64.0 Å². The minimum atomic E-state index is -0.685. The lowest BCUT2D eigenvalue weighted by Crippen LogP contribution is -2.19. The number of hydrogen-bond acceptors (Lipinski definition) is 1. The molecule has 0 aliphatic heterocycles. The topological polar surface area (TPSA) is 17.1 Å². The first-order valence-electron chi connectivity index (χ1n) is 10.6. The summed E-state index contributed by atoms with van der Waals surface area (Å²) >= 11 is 0. The first-order chi connectivity index (χ1) is 13.6. The minimum Gasteiger partial charge on any atom is -0.299 e. The molecule has 0 aromatic heterocycles. The molecular weight excluding hydrogens is 340 g/mol. The second-order valence-corrected chi connectivity index (χ2v) is 8.19. The highest BCUT2D eigenvalue weighted by Crippen LogP contribution is 2.40. The zero-order chi connectivity index (χ0) is 21.9. The van der Waals surface area contributed by atoms with Gasteiger partial charge in [-0.2, -0.15) is 0 Å². The van der Waals surface area contributed by atoms with E-state index in [1.807, 2.05) is 31.2 Å². The maximum Gasteiger partial charge on any atom is 0.142 e. The number of allylic oxidation sites excluding steroid dienone is 16. The Bertz CT molecular complexity index is 821. The SMILES string of the molecule is [3H]C(=O)/C=C/C(C)=C/C=C/C=C(C)/C=C/C=C(C)/C=C/C1=C(C)CCCC1(C)C. The summed E-state index contributed by atoms with van der Waals surface area (Å²) in [7, 11) is 0. The van der Waals surface area contributed by atoms with Crippen LogP contribution in [0.3, 0.4) is 0 Å². The minimum absolute atomic E-state index is 0.278. The molecule has 0 heterocycles. The van der Waals surface area contributed by atoms with Gasteiger partial charge in [-0.15, -0.1) is 0 Å². The van der Waals surface area contributed by atoms with Gasteiger partial charge in [0.15, 0.2) is 0 Å². The van der Waals surface area contributed by atoms with Crippen LogP contribution in [-0.4, -0.2) is 6.26 Å². The van der Waals surface area contributed by atoms with Gasteiger partial charge in [0.1, 0.15) is 7.63 Å². The lowest BCUT2D eigenvalue weighted by atomic mass is 9.72. The van der Waals surface area contributed by atoms with Gasteiger partial charge >= 0.3 is 0 Å². The second kappa shape index (κ2) is 12.1. The van der Waals surface area contributed by atoms with Gasteiger partial charge in [0, 0.05) is 0 Å². The van der Waals surface area contributed by atoms with Gasteiger partial charge in [-0.25, -0.2) is 0 Å². The van der Waals surface area contributed by atoms with E-state index in [9.17, 15) is 4.79 Å². The molecule has 0 spiro atoms. The highest BCUT2D eigenvalue weighted by atomic mass is 16.1. The molecule has 0 fully saturated rings. The smallest absolute Gasteiger partial charge is 0.142 e. The first-order valence-corrected chi connectivity index (χ1v) is 10.1. The van der Waals surface area contributed by atoms with E-state index >= 15 is 0 Å². The first kappa shape index (κ1) is 21.9. The monoisotopic (exact) mass is 378 g/mol. The van der Waals surface area contributed by atoms with E-state index in [-0.39, 0.29) is 5.41 Å². The molecule has 0 aromatic carbocycles. The lowest BCUT2D eigenvalue weighted by molar-refractivity contribution is -0.104. The number of carbonyl (C=O) groups is 1. The lowest BCUT2D eigenvalue weighted by Gasteiger charge is -2.32. The molecule has 28 heavy (non-hydrogen) atoms. The number of aldehydes is 1. The highest BCUT2D eigenvalue weighted by Gasteiger charge is 2.26. The Labute approximate surface area is 173 Å². The Morgan fingerprint density at radius 3 is 2.00 bits per heavy atom. The van der Waals surface area contributed by atoms with Gasteiger partial charge in [-0.1, -0.05) is 96.9 Å². The molecule has 0 saturated heterocycles. The summed E-state index contributed by atoms with van der Waals surface area (Å²) in [6.07, 6.45) is 24.7. The standard InChI is InChI=1S/C27H36O/c1-22(12-7-8-13-23(2)16-11-21-28)14-9-15-24(3)18-19-26-25(4)17-10-20-27(26,5)6/h7-9,11-16,18-19,21H,10,17,20H2,1-6H3/b8-7+,14-9+,16-11+,19-18+,22-12+,23-13+,24-15+/i21T. The Hall–Kier alpha value is -2.41. The summed E-state index contributed by atoms with van der Waals surface area (Å²) < 4.78 is 6.84. The zero-order valence-corrected chi connectivity index (χ0v) is 18.4. The van der Waals surface area contributed by atoms with Gasteiger partial charge < -0.3 is 0 Å². The molecule has 0 unspecified atom stereocenters. The van der Waals surface area contributed by atoms with Crippen LogP contribution < -0.4 is 0 Å². The van der Waals surface area contributed by atoms with E-state index in [1.165, 1.54) is 42.1 Å². The molecule has 1 nitrogen and oxygen atoms in total. The van der Waals surface area contributed by atoms with E-state index in [2.05, 4.69) is 65.0 Å². The Kier molecular flexibility index (Phi) is 9.48. The normalized spacial score (nSPS) is 20.2. The van der Waals surface area contributed by atoms with Crippen LogP contribution >= 0.6 is 0 Å². The summed E-state index contributed by atoms with van der Waals surface area (Å²) in [4.78, 5) is 10.6. The fourth-order valence-electron chi connectivity index (χ4n) is 3.32. The van der Waals surface area contributed by atoms with Crippen LogP contribution in [0.2, 0.25) is 0 Å². The molecule has 1 aliphatic carbocycles. The molecule has 1 heteroatoms. The third kappa shape index (κ3) is 8.99. The molecule has 0 radical (unpaired) electrons. The number of rotatable bonds is 8. The third-order valence-electron chi connectivity index (χ3n) is 5.02. The van der Waals surface area contributed by atoms with E-state index in [0.29, 0.717) is 0 Å². The largest absolute Gasteiger partial charge is 0.299 e. The molecule has 0 amide bonds. The summed E-state index contributed by atoms with van der Waals surface area (Å²) in [6.45, 7) is 13.0. The fraction of sp³-hybridized carbons (Fsp3) is 0.370. The molecule has 0 aromatic rings. The van der Waals surface area contributed by atoms with E-state index in [0.717, 1.165) is 11.1 Å². The molecule has 150 valence electrons. The molecule has 1 rings (SSSR count). The van der Waals surface area contributed by atoms with Crippen molar-refractivity contribution < 1.29 is 6.17 Å². The second-order valence-electron chi connectivity index (χ2n) is 8.19. The Morgan fingerprint density at radius 2 is 1.43 bits per heavy atom. The van der Waals surface area contributed by atoms with Crippen molar-refractivity contribution in [3.8, 4) is 0 Å². The predicted molar refractivity (Wildman–Crippen MR) is 124 cm³/mol. The van der Waals surface area contributed by atoms with Crippen LogP contribution in [-0.2, 0) is 4.79 Å². The summed E-state index contributed by atoms with van der Waals surface area (Å²) in [5, 5.41) is 0. The zero-order valence-electron chi connectivity index (χ0n) is 19.4. The summed E-state index contributed by atoms with van der Waals surface area (Å²) in [5.41, 5.74) is 6.62. The van der Waals surface area contributed by atoms with E-state index < -0.39 is 6.26 Å². The average Bonchev–Trinajstić information content (AvgIpc) is 2.62. The number of carbonyl (C=O) groups excluding carboxylic acids is 1. The van der Waals surface area contributed by atoms with Crippen LogP contribution in [0.15, 0.2) is 94.7 Å². The van der Waals surface area contributed by atoms with E-state index in [4.69, 9.17) is 1.37 Å². The van der Waals surface area contributed by atoms with Crippen molar-refractivity contribution in [1.29, 1.82) is 0 Å². The third-order valence-corrected chi connectivity index (χ3v) is 5.02. The fourth-order valence-corrected chi connectivity index (χ4v) is 3.32. The van der Waals surface area contributed by atoms with Crippen molar-refractivity contribution >= 4 is 6.26 Å². The van der Waals surface area contributed by atoms with Crippen LogP contribution in [0.5, 0.6) is 0 Å². The average molecular weight is 379 g/mol. The van der Waals surface area contributed by atoms with Crippen LogP contribution in [0, 0.1) is 5.41 Å². The van der Waals surface area contributed by atoms with Gasteiger partial charge in [0.05, 0.1) is 0 Å². The van der Waals surface area contributed by atoms with Crippen LogP contribution in [0.4, 0.5) is 0 Å². The predicted octanol–water partition coefficient (Wildman–Crippen LogP) is 7.78. The van der Waals surface area contributed by atoms with Crippen LogP contribution in [0.25, 0.3) is 0 Å². The molecule has 0 N–H and O–H groups in total. The van der Waals surface area contributed by atoms with Crippen molar-refractivity contribution in [2.75, 3.05) is 0 Å². The molecule has 0 saturated carbocycles. The molecule has 1 aliphatic rings. The summed E-state index contributed by atoms with van der Waals surface area (Å²) in [6, 6.07) is 0. The van der Waals surface area contributed by atoms with Crippen molar-refractivity contribution in [2.24, 2.45) is 5.41 Å². The van der Waals surface area contributed by atoms with Gasteiger partial charge in [0.2, 0.25) is 0 Å². The van der Waals surface area contributed by atoms with Crippen molar-refractivity contribution in [2.45, 2.75) is 60.8 Å². The summed E-state index contributed by atoms with van der Waals surface area (Å²) in [5.74, 6) is 0.